The van der Waals surface area contributed by atoms with Crippen molar-refractivity contribution in [2.45, 2.75) is 137 Å². The van der Waals surface area contributed by atoms with E-state index >= 15 is 0 Å². The standard InChI is InChI=1S/C36H63N5O6S/c1-12-47-35(46)26(18-21-48-11)37-31(42)28-17-15-20-41(28)33(44)25(6)22-29(23(2)3)39(10)34(45)30(36(7,8)9)38-32(43)27-16-13-14-19-40(27)24(4)5/h22-24,26-30H,12-21H2,1-11H3,(H,37,42)(H,38,43)/b25-22+/t26-,27?,28+,29-,30-/m1/s1. The van der Waals surface area contributed by atoms with Crippen LogP contribution in [0.2, 0.25) is 0 Å². The van der Waals surface area contributed by atoms with Crippen LogP contribution >= 0.6 is 11.8 Å². The number of likely N-dealkylation sites (N-methyl/N-ethyl adjacent to an activating group) is 1. The maximum absolute atomic E-state index is 14.2. The number of amides is 4. The third-order valence-corrected chi connectivity index (χ3v) is 10.1. The molecule has 0 saturated carbocycles. The Kier molecular flexibility index (Phi) is 16.4. The van der Waals surface area contributed by atoms with Gasteiger partial charge in [-0.1, -0.05) is 47.1 Å². The van der Waals surface area contributed by atoms with Crippen LogP contribution in [0.15, 0.2) is 11.6 Å². The number of carbonyl (C=O) groups is 5. The Labute approximate surface area is 293 Å². The minimum absolute atomic E-state index is 0.0350. The van der Waals surface area contributed by atoms with Gasteiger partial charge in [-0.25, -0.2) is 4.79 Å². The van der Waals surface area contributed by atoms with Crippen molar-refractivity contribution in [3.8, 4) is 0 Å². The quantitative estimate of drug-likeness (QED) is 0.195. The van der Waals surface area contributed by atoms with Crippen molar-refractivity contribution in [2.24, 2.45) is 11.3 Å². The molecule has 2 fully saturated rings. The van der Waals surface area contributed by atoms with Crippen LogP contribution in [-0.4, -0.2) is 119 Å². The molecular weight excluding hydrogens is 630 g/mol. The lowest BCUT2D eigenvalue weighted by molar-refractivity contribution is -0.148. The first-order chi connectivity index (χ1) is 22.5. The van der Waals surface area contributed by atoms with Gasteiger partial charge in [-0.2, -0.15) is 11.8 Å². The summed E-state index contributed by atoms with van der Waals surface area (Å²) in [5.74, 6) is -0.802. The molecule has 4 amide bonds. The molecule has 0 aromatic rings. The van der Waals surface area contributed by atoms with E-state index in [0.29, 0.717) is 37.1 Å². The van der Waals surface area contributed by atoms with Gasteiger partial charge in [-0.3, -0.25) is 24.1 Å². The summed E-state index contributed by atoms with van der Waals surface area (Å²) in [7, 11) is 1.73. The van der Waals surface area contributed by atoms with Crippen molar-refractivity contribution < 1.29 is 28.7 Å². The lowest BCUT2D eigenvalue weighted by atomic mass is 9.84. The summed E-state index contributed by atoms with van der Waals surface area (Å²) in [6.07, 6.45) is 8.14. The van der Waals surface area contributed by atoms with E-state index < -0.39 is 35.6 Å². The Bertz CT molecular complexity index is 1150. The molecule has 274 valence electrons. The van der Waals surface area contributed by atoms with Gasteiger partial charge in [0.05, 0.1) is 18.7 Å². The van der Waals surface area contributed by atoms with E-state index in [2.05, 4.69) is 29.4 Å². The Balaban J connectivity index is 2.26. The summed E-state index contributed by atoms with van der Waals surface area (Å²) in [6.45, 7) is 19.0. The maximum Gasteiger partial charge on any atom is 0.328 e. The first kappa shape index (κ1) is 41.6. The van der Waals surface area contributed by atoms with Crippen molar-refractivity contribution in [1.29, 1.82) is 0 Å². The Morgan fingerprint density at radius 3 is 2.15 bits per heavy atom. The highest BCUT2D eigenvalue weighted by molar-refractivity contribution is 7.98. The molecule has 11 nitrogen and oxygen atoms in total. The lowest BCUT2D eigenvalue weighted by Crippen LogP contribution is -2.60. The molecule has 2 N–H and O–H groups in total. The second kappa shape index (κ2) is 19.0. The van der Waals surface area contributed by atoms with E-state index in [1.807, 2.05) is 40.9 Å². The third kappa shape index (κ3) is 11.2. The summed E-state index contributed by atoms with van der Waals surface area (Å²) in [5.41, 5.74) is -0.120. The monoisotopic (exact) mass is 693 g/mol. The zero-order chi connectivity index (χ0) is 36.3. The second-order valence-corrected chi connectivity index (χ2v) is 15.9. The Morgan fingerprint density at radius 2 is 1.58 bits per heavy atom. The van der Waals surface area contributed by atoms with Gasteiger partial charge in [-0.15, -0.1) is 0 Å². The Morgan fingerprint density at radius 1 is 0.958 bits per heavy atom. The van der Waals surface area contributed by atoms with Gasteiger partial charge >= 0.3 is 5.97 Å². The van der Waals surface area contributed by atoms with Gasteiger partial charge in [0.1, 0.15) is 18.1 Å². The van der Waals surface area contributed by atoms with E-state index in [-0.39, 0.29) is 48.2 Å². The molecular formula is C36H63N5O6S. The summed E-state index contributed by atoms with van der Waals surface area (Å²) in [6, 6.07) is -2.71. The number of thioether (sulfide) groups is 1. The topological polar surface area (TPSA) is 128 Å². The molecule has 0 radical (unpaired) electrons. The predicted molar refractivity (Wildman–Crippen MR) is 192 cm³/mol. The number of likely N-dealkylation sites (tertiary alicyclic amines) is 2. The fraction of sp³-hybridized carbons (Fsp3) is 0.806. The van der Waals surface area contributed by atoms with Crippen molar-refractivity contribution in [2.75, 3.05) is 38.8 Å². The van der Waals surface area contributed by atoms with Crippen molar-refractivity contribution in [3.63, 3.8) is 0 Å². The molecule has 2 aliphatic rings. The highest BCUT2D eigenvalue weighted by atomic mass is 32.2. The zero-order valence-corrected chi connectivity index (χ0v) is 32.2. The number of rotatable bonds is 15. The summed E-state index contributed by atoms with van der Waals surface area (Å²) in [5, 5.41) is 5.96. The van der Waals surface area contributed by atoms with E-state index in [9.17, 15) is 24.0 Å². The summed E-state index contributed by atoms with van der Waals surface area (Å²) < 4.78 is 5.18. The molecule has 2 rings (SSSR count). The van der Waals surface area contributed by atoms with Gasteiger partial charge in [-0.05, 0) is 89.7 Å². The van der Waals surface area contributed by atoms with Gasteiger partial charge in [0.2, 0.25) is 23.6 Å². The van der Waals surface area contributed by atoms with Gasteiger partial charge < -0.3 is 25.2 Å². The van der Waals surface area contributed by atoms with Crippen molar-refractivity contribution >= 4 is 41.4 Å². The van der Waals surface area contributed by atoms with Crippen LogP contribution < -0.4 is 10.6 Å². The number of hydrogen-bond acceptors (Lipinski definition) is 8. The fourth-order valence-electron chi connectivity index (χ4n) is 6.67. The van der Waals surface area contributed by atoms with E-state index in [1.165, 1.54) is 0 Å². The number of esters is 1. The number of nitrogens with zero attached hydrogens (tertiary/aromatic N) is 3. The predicted octanol–water partition coefficient (Wildman–Crippen LogP) is 4.00. The minimum Gasteiger partial charge on any atom is -0.464 e. The fourth-order valence-corrected chi connectivity index (χ4v) is 7.15. The molecule has 2 aliphatic heterocycles. The molecule has 1 unspecified atom stereocenters. The highest BCUT2D eigenvalue weighted by Gasteiger charge is 2.41. The summed E-state index contributed by atoms with van der Waals surface area (Å²) in [4.78, 5) is 73.0. The van der Waals surface area contributed by atoms with Crippen LogP contribution in [0, 0.1) is 11.3 Å². The van der Waals surface area contributed by atoms with Crippen LogP contribution in [0.4, 0.5) is 0 Å². The number of nitrogens with one attached hydrogen (secondary N) is 2. The molecule has 2 heterocycles. The smallest absolute Gasteiger partial charge is 0.328 e. The molecule has 0 aliphatic carbocycles. The molecule has 48 heavy (non-hydrogen) atoms. The van der Waals surface area contributed by atoms with Gasteiger partial charge in [0.15, 0.2) is 0 Å². The molecule has 2 saturated heterocycles. The van der Waals surface area contributed by atoms with Gasteiger partial charge in [0.25, 0.3) is 0 Å². The molecule has 12 heteroatoms. The van der Waals surface area contributed by atoms with E-state index in [1.54, 1.807) is 48.5 Å². The highest BCUT2D eigenvalue weighted by Crippen LogP contribution is 2.27. The molecule has 5 atom stereocenters. The number of piperidine rings is 1. The molecule has 0 aromatic heterocycles. The van der Waals surface area contributed by atoms with Gasteiger partial charge in [0, 0.05) is 25.2 Å². The first-order valence-electron chi connectivity index (χ1n) is 17.7. The largest absolute Gasteiger partial charge is 0.464 e. The van der Waals surface area contributed by atoms with Crippen LogP contribution in [0.5, 0.6) is 0 Å². The first-order valence-corrected chi connectivity index (χ1v) is 19.1. The number of ether oxygens (including phenoxy) is 1. The number of hydrogen-bond donors (Lipinski definition) is 2. The summed E-state index contributed by atoms with van der Waals surface area (Å²) >= 11 is 1.58. The molecule has 0 bridgehead atoms. The average Bonchev–Trinajstić information content (AvgIpc) is 3.52. The third-order valence-electron chi connectivity index (χ3n) is 9.46. The normalized spacial score (nSPS) is 21.1. The van der Waals surface area contributed by atoms with Crippen molar-refractivity contribution in [1.82, 2.24) is 25.3 Å². The Hall–Kier alpha value is -2.60. The second-order valence-electron chi connectivity index (χ2n) is 14.9. The number of carbonyl (C=O) groups excluding carboxylic acids is 5. The van der Waals surface area contributed by atoms with Crippen LogP contribution in [0.25, 0.3) is 0 Å². The van der Waals surface area contributed by atoms with E-state index in [0.717, 1.165) is 25.8 Å². The molecule has 0 spiro atoms. The zero-order valence-electron chi connectivity index (χ0n) is 31.4. The SMILES string of the molecule is CCOC(=O)[C@@H](CCSC)NC(=O)[C@@H]1CCCN1C(=O)/C(C)=C/[C@H](C(C)C)N(C)C(=O)[C@@H](NC(=O)C1CCCCN1C(C)C)C(C)(C)C. The van der Waals surface area contributed by atoms with Crippen LogP contribution in [0.1, 0.15) is 101 Å². The molecule has 0 aromatic carbocycles. The average molecular weight is 694 g/mol. The van der Waals surface area contributed by atoms with Crippen molar-refractivity contribution in [3.05, 3.63) is 11.6 Å². The van der Waals surface area contributed by atoms with Crippen LogP contribution in [-0.2, 0) is 28.7 Å². The van der Waals surface area contributed by atoms with Crippen LogP contribution in [0.3, 0.4) is 0 Å². The van der Waals surface area contributed by atoms with E-state index in [4.69, 9.17) is 4.74 Å². The minimum atomic E-state index is -0.771. The lowest BCUT2D eigenvalue weighted by Gasteiger charge is -2.41. The maximum atomic E-state index is 14.2.